The van der Waals surface area contributed by atoms with Gasteiger partial charge in [0.05, 0.1) is 25.3 Å². The van der Waals surface area contributed by atoms with E-state index in [1.54, 1.807) is 7.11 Å². The van der Waals surface area contributed by atoms with Gasteiger partial charge < -0.3 is 14.2 Å². The van der Waals surface area contributed by atoms with Gasteiger partial charge in [-0.3, -0.25) is 9.88 Å². The number of pyridine rings is 1. The zero-order valence-electron chi connectivity index (χ0n) is 19.3. The zero-order valence-corrected chi connectivity index (χ0v) is 19.3. The molecule has 3 saturated heterocycles. The van der Waals surface area contributed by atoms with Gasteiger partial charge in [-0.25, -0.2) is 4.79 Å². The van der Waals surface area contributed by atoms with Crippen molar-refractivity contribution in [2.24, 2.45) is 17.8 Å². The van der Waals surface area contributed by atoms with Crippen LogP contribution < -0.4 is 4.74 Å². The Bertz CT molecular complexity index is 960. The van der Waals surface area contributed by atoms with E-state index in [1.165, 1.54) is 6.42 Å². The van der Waals surface area contributed by atoms with E-state index in [9.17, 15) is 4.79 Å². The third kappa shape index (κ3) is 4.81. The summed E-state index contributed by atoms with van der Waals surface area (Å²) in [6.07, 6.45) is 5.87. The van der Waals surface area contributed by atoms with Crippen molar-refractivity contribution in [3.63, 3.8) is 0 Å². The topological polar surface area (TPSA) is 60.9 Å². The molecule has 2 unspecified atom stereocenters. The average molecular weight is 439 g/mol. The minimum atomic E-state index is -0.320. The van der Waals surface area contributed by atoms with Gasteiger partial charge in [-0.05, 0) is 67.0 Å². The first-order valence-corrected chi connectivity index (χ1v) is 11.6. The highest BCUT2D eigenvalue weighted by Crippen LogP contribution is 2.43. The Kier molecular flexibility index (Phi) is 7.11. The van der Waals surface area contributed by atoms with E-state index >= 15 is 0 Å². The lowest BCUT2D eigenvalue weighted by molar-refractivity contribution is -0.156. The van der Waals surface area contributed by atoms with Crippen LogP contribution in [0.1, 0.15) is 38.4 Å². The van der Waals surface area contributed by atoms with Crippen molar-refractivity contribution in [1.82, 2.24) is 9.88 Å². The lowest BCUT2D eigenvalue weighted by Gasteiger charge is -2.51. The molecule has 6 heteroatoms. The lowest BCUT2D eigenvalue weighted by Crippen LogP contribution is -2.55. The number of rotatable bonds is 9. The highest BCUT2D eigenvalue weighted by molar-refractivity contribution is 5.84. The van der Waals surface area contributed by atoms with Crippen molar-refractivity contribution < 1.29 is 19.0 Å². The zero-order chi connectivity index (χ0) is 22.7. The van der Waals surface area contributed by atoms with Gasteiger partial charge in [-0.1, -0.05) is 19.9 Å². The fourth-order valence-corrected chi connectivity index (χ4v) is 5.08. The van der Waals surface area contributed by atoms with Crippen LogP contribution in [0, 0.1) is 17.8 Å². The quantitative estimate of drug-likeness (QED) is 0.427. The van der Waals surface area contributed by atoms with Crippen LogP contribution in [-0.2, 0) is 14.3 Å². The number of esters is 1. The first-order valence-electron chi connectivity index (χ1n) is 11.6. The lowest BCUT2D eigenvalue weighted by atomic mass is 9.73. The van der Waals surface area contributed by atoms with Crippen molar-refractivity contribution in [2.45, 2.75) is 38.8 Å². The van der Waals surface area contributed by atoms with Gasteiger partial charge in [-0.2, -0.15) is 0 Å². The minimum Gasteiger partial charge on any atom is -0.497 e. The Morgan fingerprint density at radius 3 is 2.88 bits per heavy atom. The summed E-state index contributed by atoms with van der Waals surface area (Å²) >= 11 is 0. The van der Waals surface area contributed by atoms with Crippen molar-refractivity contribution in [2.75, 3.05) is 33.4 Å². The standard InChI is InChI=1S/C26H34N2O4/c1-5-18-14-28-11-9-19(18)12-24(28)26(32-16-25(29)31-15-17(2)3)21-8-10-27-23-7-6-20(30-4)13-22(21)23/h5-8,10,13,17-19,24,26H,1,9,11-12,14-16H2,2-4H3/t18-,19?,24+,26-/m0/s1. The largest absolute Gasteiger partial charge is 0.497 e. The van der Waals surface area contributed by atoms with E-state index in [0.717, 1.165) is 41.7 Å². The summed E-state index contributed by atoms with van der Waals surface area (Å²) in [7, 11) is 1.66. The molecular weight excluding hydrogens is 404 g/mol. The molecule has 172 valence electrons. The molecule has 0 amide bonds. The molecule has 32 heavy (non-hydrogen) atoms. The van der Waals surface area contributed by atoms with Crippen LogP contribution in [0.25, 0.3) is 10.9 Å². The Hall–Kier alpha value is -2.44. The van der Waals surface area contributed by atoms with E-state index in [0.29, 0.717) is 24.4 Å². The molecule has 4 heterocycles. The molecule has 0 saturated carbocycles. The minimum absolute atomic E-state index is 0.0644. The second-order valence-corrected chi connectivity index (χ2v) is 9.34. The number of carbonyl (C=O) groups excluding carboxylic acids is 1. The smallest absolute Gasteiger partial charge is 0.332 e. The number of fused-ring (bicyclic) bond motifs is 4. The second kappa shape index (κ2) is 10.0. The Morgan fingerprint density at radius 1 is 1.34 bits per heavy atom. The number of ether oxygens (including phenoxy) is 3. The number of hydrogen-bond donors (Lipinski definition) is 0. The third-order valence-electron chi connectivity index (χ3n) is 6.75. The molecule has 5 atom stereocenters. The molecule has 2 bridgehead atoms. The number of methoxy groups -OCH3 is 1. The Morgan fingerprint density at radius 2 is 2.19 bits per heavy atom. The molecule has 1 aromatic heterocycles. The molecule has 3 aliphatic heterocycles. The fourth-order valence-electron chi connectivity index (χ4n) is 5.08. The highest BCUT2D eigenvalue weighted by atomic mass is 16.6. The maximum absolute atomic E-state index is 12.4. The number of nitrogens with zero attached hydrogens (tertiary/aromatic N) is 2. The number of carbonyl (C=O) groups is 1. The van der Waals surface area contributed by atoms with Crippen molar-refractivity contribution >= 4 is 16.9 Å². The maximum Gasteiger partial charge on any atom is 0.332 e. The monoisotopic (exact) mass is 438 g/mol. The summed E-state index contributed by atoms with van der Waals surface area (Å²) < 4.78 is 17.2. The average Bonchev–Trinajstić information content (AvgIpc) is 2.82. The van der Waals surface area contributed by atoms with E-state index in [4.69, 9.17) is 14.2 Å². The van der Waals surface area contributed by atoms with Crippen LogP contribution in [0.15, 0.2) is 43.1 Å². The van der Waals surface area contributed by atoms with Crippen LogP contribution in [0.4, 0.5) is 0 Å². The molecule has 1 aromatic carbocycles. The molecule has 6 nitrogen and oxygen atoms in total. The Balaban J connectivity index is 1.65. The molecule has 3 fully saturated rings. The van der Waals surface area contributed by atoms with Crippen molar-refractivity contribution in [3.8, 4) is 5.75 Å². The summed E-state index contributed by atoms with van der Waals surface area (Å²) in [6.45, 7) is 10.5. The summed E-state index contributed by atoms with van der Waals surface area (Å²) in [5.74, 6) is 1.87. The molecule has 0 N–H and O–H groups in total. The summed E-state index contributed by atoms with van der Waals surface area (Å²) in [5, 5.41) is 0.996. The third-order valence-corrected chi connectivity index (χ3v) is 6.75. The van der Waals surface area contributed by atoms with E-state index in [2.05, 4.69) is 22.5 Å². The predicted octanol–water partition coefficient (Wildman–Crippen LogP) is 4.40. The van der Waals surface area contributed by atoms with Crippen LogP contribution >= 0.6 is 0 Å². The Labute approximate surface area is 190 Å². The van der Waals surface area contributed by atoms with Gasteiger partial charge in [0.2, 0.25) is 0 Å². The summed E-state index contributed by atoms with van der Waals surface area (Å²) in [6, 6.07) is 8.10. The first kappa shape index (κ1) is 22.7. The van der Waals surface area contributed by atoms with Crippen molar-refractivity contribution in [1.29, 1.82) is 0 Å². The molecule has 0 aliphatic carbocycles. The number of aromatic nitrogens is 1. The fraction of sp³-hybridized carbons (Fsp3) is 0.538. The second-order valence-electron chi connectivity index (χ2n) is 9.34. The summed E-state index contributed by atoms with van der Waals surface area (Å²) in [5.41, 5.74) is 1.93. The normalized spacial score (nSPS) is 25.6. The first-order chi connectivity index (χ1) is 15.5. The molecule has 0 spiro atoms. The van der Waals surface area contributed by atoms with Crippen LogP contribution in [0.2, 0.25) is 0 Å². The maximum atomic E-state index is 12.4. The van der Waals surface area contributed by atoms with Crippen LogP contribution in [-0.4, -0.2) is 55.3 Å². The van der Waals surface area contributed by atoms with Gasteiger partial charge in [0.15, 0.2) is 0 Å². The van der Waals surface area contributed by atoms with Crippen LogP contribution in [0.5, 0.6) is 5.75 Å². The van der Waals surface area contributed by atoms with Gasteiger partial charge in [0.25, 0.3) is 0 Å². The molecule has 0 radical (unpaired) electrons. The van der Waals surface area contributed by atoms with Gasteiger partial charge in [0, 0.05) is 24.2 Å². The molecule has 2 aromatic rings. The van der Waals surface area contributed by atoms with E-state index in [-0.39, 0.29) is 24.7 Å². The highest BCUT2D eigenvalue weighted by Gasteiger charge is 2.43. The van der Waals surface area contributed by atoms with Gasteiger partial charge in [0.1, 0.15) is 12.4 Å². The number of benzene rings is 1. The van der Waals surface area contributed by atoms with Gasteiger partial charge in [-0.15, -0.1) is 6.58 Å². The summed E-state index contributed by atoms with van der Waals surface area (Å²) in [4.78, 5) is 19.4. The van der Waals surface area contributed by atoms with E-state index < -0.39 is 0 Å². The number of hydrogen-bond acceptors (Lipinski definition) is 6. The van der Waals surface area contributed by atoms with Crippen molar-refractivity contribution in [3.05, 3.63) is 48.7 Å². The predicted molar refractivity (Wildman–Crippen MR) is 125 cm³/mol. The van der Waals surface area contributed by atoms with Gasteiger partial charge >= 0.3 is 5.97 Å². The molecule has 3 aliphatic rings. The van der Waals surface area contributed by atoms with E-state index in [1.807, 2.05) is 44.3 Å². The molecular formula is C26H34N2O4. The SMILES string of the molecule is C=C[C@H]1CN2CCC1C[C@@H]2[C@@H](OCC(=O)OCC(C)C)c1ccnc2ccc(OC)cc12. The van der Waals surface area contributed by atoms with Crippen LogP contribution in [0.3, 0.4) is 0 Å². The molecule has 5 rings (SSSR count). The number of piperidine rings is 3.